The van der Waals surface area contributed by atoms with Crippen molar-refractivity contribution in [3.8, 4) is 0 Å². The van der Waals surface area contributed by atoms with Gasteiger partial charge in [0.15, 0.2) is 5.96 Å². The Morgan fingerprint density at radius 1 is 1.14 bits per heavy atom. The zero-order valence-electron chi connectivity index (χ0n) is 18.6. The van der Waals surface area contributed by atoms with Crippen molar-refractivity contribution in [3.63, 3.8) is 0 Å². The van der Waals surface area contributed by atoms with E-state index in [0.29, 0.717) is 0 Å². The highest BCUT2D eigenvalue weighted by molar-refractivity contribution is 14.0. The molecule has 0 bridgehead atoms. The average Bonchev–Trinajstić information content (AvgIpc) is 2.94. The van der Waals surface area contributed by atoms with E-state index in [0.717, 1.165) is 42.6 Å². The number of guanidine groups is 1. The van der Waals surface area contributed by atoms with Crippen LogP contribution in [0.3, 0.4) is 0 Å². The highest BCUT2D eigenvalue weighted by Crippen LogP contribution is 2.27. The van der Waals surface area contributed by atoms with Crippen molar-refractivity contribution in [1.82, 2.24) is 15.5 Å². The Bertz CT molecular complexity index is 571. The van der Waals surface area contributed by atoms with Crippen LogP contribution in [0.15, 0.2) is 15.5 Å². The second-order valence-electron chi connectivity index (χ2n) is 7.79. The van der Waals surface area contributed by atoms with Crippen LogP contribution >= 0.6 is 24.0 Å². The molecule has 0 aromatic carbocycles. The molecule has 6 nitrogen and oxygen atoms in total. The van der Waals surface area contributed by atoms with Gasteiger partial charge in [0.1, 0.15) is 17.1 Å². The molecule has 0 fully saturated rings. The number of aliphatic hydroxyl groups is 1. The molecule has 0 aliphatic rings. The maximum Gasteiger partial charge on any atom is 0.191 e. The lowest BCUT2D eigenvalue weighted by atomic mass is 9.96. The van der Waals surface area contributed by atoms with Gasteiger partial charge in [-0.2, -0.15) is 0 Å². The average molecular weight is 508 g/mol. The van der Waals surface area contributed by atoms with E-state index in [2.05, 4.69) is 34.6 Å². The number of rotatable bonds is 12. The zero-order valence-corrected chi connectivity index (χ0v) is 20.9. The molecule has 1 aromatic rings. The lowest BCUT2D eigenvalue weighted by Gasteiger charge is -2.21. The van der Waals surface area contributed by atoms with E-state index in [1.165, 1.54) is 32.2 Å². The van der Waals surface area contributed by atoms with Crippen LogP contribution in [0.4, 0.5) is 0 Å². The van der Waals surface area contributed by atoms with E-state index >= 15 is 0 Å². The van der Waals surface area contributed by atoms with E-state index in [1.54, 1.807) is 6.92 Å². The summed E-state index contributed by atoms with van der Waals surface area (Å²) < 4.78 is 5.55. The van der Waals surface area contributed by atoms with Gasteiger partial charge in [0.2, 0.25) is 0 Å². The summed E-state index contributed by atoms with van der Waals surface area (Å²) in [5, 5.41) is 17.4. The molecule has 1 atom stereocenters. The first-order chi connectivity index (χ1) is 12.8. The third-order valence-electron chi connectivity index (χ3n) is 4.59. The number of aryl methyl sites for hydroxylation is 2. The van der Waals surface area contributed by atoms with Crippen LogP contribution in [0.5, 0.6) is 0 Å². The van der Waals surface area contributed by atoms with Crippen LogP contribution in [-0.2, 0) is 5.60 Å². The van der Waals surface area contributed by atoms with Crippen molar-refractivity contribution < 1.29 is 9.52 Å². The van der Waals surface area contributed by atoms with Crippen LogP contribution < -0.4 is 10.6 Å². The van der Waals surface area contributed by atoms with Crippen molar-refractivity contribution >= 4 is 29.9 Å². The van der Waals surface area contributed by atoms with Gasteiger partial charge < -0.3 is 25.1 Å². The molecule has 0 aliphatic heterocycles. The number of halogens is 1. The van der Waals surface area contributed by atoms with E-state index in [1.807, 2.05) is 26.8 Å². The molecular weight excluding hydrogens is 467 g/mol. The van der Waals surface area contributed by atoms with Gasteiger partial charge in [0, 0.05) is 18.7 Å². The summed E-state index contributed by atoms with van der Waals surface area (Å²) in [5.41, 5.74) is -0.242. The maximum absolute atomic E-state index is 10.8. The first-order valence-electron chi connectivity index (χ1n) is 10.2. The number of furan rings is 1. The molecule has 0 radical (unpaired) electrons. The largest absolute Gasteiger partial charge is 0.466 e. The molecule has 1 aromatic heterocycles. The number of hydrogen-bond acceptors (Lipinski definition) is 4. The van der Waals surface area contributed by atoms with Gasteiger partial charge in [0.05, 0.1) is 6.54 Å². The van der Waals surface area contributed by atoms with Crippen molar-refractivity contribution in [1.29, 1.82) is 0 Å². The summed E-state index contributed by atoms with van der Waals surface area (Å²) in [6, 6.07) is 1.89. The molecule has 164 valence electrons. The second-order valence-corrected chi connectivity index (χ2v) is 7.79. The Kier molecular flexibility index (Phi) is 13.8. The molecule has 1 unspecified atom stereocenters. The Labute approximate surface area is 188 Å². The predicted molar refractivity (Wildman–Crippen MR) is 129 cm³/mol. The van der Waals surface area contributed by atoms with Crippen molar-refractivity contribution in [2.45, 2.75) is 65.4 Å². The zero-order chi connectivity index (χ0) is 20.3. The Morgan fingerprint density at radius 2 is 1.79 bits per heavy atom. The minimum absolute atomic E-state index is 0. The molecule has 3 N–H and O–H groups in total. The topological polar surface area (TPSA) is 73.0 Å². The van der Waals surface area contributed by atoms with Gasteiger partial charge in [-0.05, 0) is 67.2 Å². The molecule has 7 heteroatoms. The Balaban J connectivity index is 0.00000729. The van der Waals surface area contributed by atoms with Crippen LogP contribution in [0.1, 0.15) is 63.0 Å². The van der Waals surface area contributed by atoms with Crippen molar-refractivity contribution in [2.24, 2.45) is 4.99 Å². The molecule has 0 spiro atoms. The van der Waals surface area contributed by atoms with Crippen LogP contribution in [-0.4, -0.2) is 56.2 Å². The highest BCUT2D eigenvalue weighted by Gasteiger charge is 2.27. The normalized spacial score (nSPS) is 13.9. The van der Waals surface area contributed by atoms with Gasteiger partial charge in [-0.15, -0.1) is 24.0 Å². The molecule has 28 heavy (non-hydrogen) atoms. The lowest BCUT2D eigenvalue weighted by Crippen LogP contribution is -2.39. The van der Waals surface area contributed by atoms with Gasteiger partial charge in [-0.25, -0.2) is 4.99 Å². The monoisotopic (exact) mass is 508 g/mol. The van der Waals surface area contributed by atoms with E-state index in [9.17, 15) is 5.11 Å². The first-order valence-corrected chi connectivity index (χ1v) is 10.2. The van der Waals surface area contributed by atoms with E-state index in [4.69, 9.17) is 4.42 Å². The second kappa shape index (κ2) is 14.2. The Hall–Kier alpha value is -0.800. The summed E-state index contributed by atoms with van der Waals surface area (Å²) >= 11 is 0. The summed E-state index contributed by atoms with van der Waals surface area (Å²) in [4.78, 5) is 6.81. The molecule has 1 rings (SSSR count). The van der Waals surface area contributed by atoms with Gasteiger partial charge in [-0.1, -0.05) is 19.3 Å². The summed E-state index contributed by atoms with van der Waals surface area (Å²) in [6.07, 6.45) is 6.19. The number of nitrogens with zero attached hydrogens (tertiary/aromatic N) is 2. The Morgan fingerprint density at radius 3 is 2.36 bits per heavy atom. The number of nitrogens with one attached hydrogen (secondary N) is 2. The first kappa shape index (κ1) is 27.2. The number of hydrogen-bond donors (Lipinski definition) is 3. The molecule has 0 saturated carbocycles. The quantitative estimate of drug-likeness (QED) is 0.174. The predicted octanol–water partition coefficient (Wildman–Crippen LogP) is 3.79. The fourth-order valence-corrected chi connectivity index (χ4v) is 3.12. The van der Waals surface area contributed by atoms with Crippen LogP contribution in [0.2, 0.25) is 0 Å². The highest BCUT2D eigenvalue weighted by atomic mass is 127. The fourth-order valence-electron chi connectivity index (χ4n) is 3.12. The molecule has 0 saturated heterocycles. The molecule has 0 amide bonds. The number of unbranched alkanes of at least 4 members (excludes halogenated alkanes) is 4. The third kappa shape index (κ3) is 10.7. The summed E-state index contributed by atoms with van der Waals surface area (Å²) in [5.74, 6) is 2.31. The third-order valence-corrected chi connectivity index (χ3v) is 4.59. The minimum Gasteiger partial charge on any atom is -0.466 e. The molecule has 1 heterocycles. The maximum atomic E-state index is 10.8. The smallest absolute Gasteiger partial charge is 0.191 e. The van der Waals surface area contributed by atoms with Crippen LogP contribution in [0, 0.1) is 13.8 Å². The standard InChI is InChI=1S/C21H40N4O2.HI/c1-7-22-20(23-13-11-9-8-10-12-14-25(5)6)24-16-21(4,26)19-15-17(2)27-18(19)3;/h15,26H,7-14,16H2,1-6H3,(H2,22,23,24);1H. The van der Waals surface area contributed by atoms with Crippen molar-refractivity contribution in [2.75, 3.05) is 40.3 Å². The van der Waals surface area contributed by atoms with E-state index in [-0.39, 0.29) is 30.5 Å². The van der Waals surface area contributed by atoms with Gasteiger partial charge >= 0.3 is 0 Å². The molecular formula is C21H41IN4O2. The summed E-state index contributed by atoms with van der Waals surface area (Å²) in [6.45, 7) is 10.7. The lowest BCUT2D eigenvalue weighted by molar-refractivity contribution is 0.0657. The van der Waals surface area contributed by atoms with Crippen LogP contribution in [0.25, 0.3) is 0 Å². The SMILES string of the molecule is CCNC(=NCC(C)(O)c1cc(C)oc1C)NCCCCCCCN(C)C.I. The number of aliphatic imine (C=N–C) groups is 1. The van der Waals surface area contributed by atoms with Gasteiger partial charge in [-0.3, -0.25) is 0 Å². The minimum atomic E-state index is -1.05. The summed E-state index contributed by atoms with van der Waals surface area (Å²) in [7, 11) is 4.25. The van der Waals surface area contributed by atoms with Gasteiger partial charge in [0.25, 0.3) is 0 Å². The fraction of sp³-hybridized carbons (Fsp3) is 0.762. The molecule has 0 aliphatic carbocycles. The van der Waals surface area contributed by atoms with E-state index < -0.39 is 5.60 Å². The van der Waals surface area contributed by atoms with Crippen molar-refractivity contribution in [3.05, 3.63) is 23.2 Å².